The van der Waals surface area contributed by atoms with Crippen LogP contribution in [0.4, 0.5) is 0 Å². The van der Waals surface area contributed by atoms with E-state index in [1.807, 2.05) is 48.5 Å². The van der Waals surface area contributed by atoms with Gasteiger partial charge in [-0.3, -0.25) is 4.79 Å². The first-order valence-electron chi connectivity index (χ1n) is 13.7. The summed E-state index contributed by atoms with van der Waals surface area (Å²) in [5.74, 6) is 2.55. The molecular weight excluding hydrogens is 577 g/mol. The van der Waals surface area contributed by atoms with Crippen molar-refractivity contribution in [3.63, 3.8) is 0 Å². The predicted molar refractivity (Wildman–Crippen MR) is 170 cm³/mol. The fourth-order valence-electron chi connectivity index (χ4n) is 4.53. The van der Waals surface area contributed by atoms with E-state index < -0.39 is 0 Å². The van der Waals surface area contributed by atoms with Crippen molar-refractivity contribution in [1.29, 1.82) is 0 Å². The van der Waals surface area contributed by atoms with E-state index in [9.17, 15) is 4.79 Å². The van der Waals surface area contributed by atoms with Crippen LogP contribution in [-0.4, -0.2) is 42.0 Å². The van der Waals surface area contributed by atoms with Crippen LogP contribution in [0.15, 0.2) is 71.9 Å². The molecule has 0 saturated carbocycles. The summed E-state index contributed by atoms with van der Waals surface area (Å²) in [4.78, 5) is 17.4. The third-order valence-corrected chi connectivity index (χ3v) is 8.39. The number of unbranched alkanes of at least 4 members (excludes halogenated alkanes) is 1. The van der Waals surface area contributed by atoms with Crippen molar-refractivity contribution in [1.82, 2.24) is 14.9 Å². The van der Waals surface area contributed by atoms with E-state index in [0.29, 0.717) is 29.4 Å². The number of imidazole rings is 1. The van der Waals surface area contributed by atoms with Gasteiger partial charge in [-0.1, -0.05) is 41.0 Å². The molecule has 3 aromatic carbocycles. The molecule has 1 amide bonds. The molecule has 0 unspecified atom stereocenters. The molecule has 6 nitrogen and oxygen atoms in total. The van der Waals surface area contributed by atoms with Gasteiger partial charge in [0.25, 0.3) is 0 Å². The zero-order chi connectivity index (χ0) is 29.2. The van der Waals surface area contributed by atoms with Gasteiger partial charge in [-0.25, -0.2) is 4.98 Å². The number of hydrogen-bond donors (Lipinski definition) is 1. The minimum Gasteiger partial charge on any atom is -0.497 e. The van der Waals surface area contributed by atoms with Crippen molar-refractivity contribution in [2.45, 2.75) is 44.3 Å². The monoisotopic (exact) mass is 611 g/mol. The maximum absolute atomic E-state index is 12.4. The van der Waals surface area contributed by atoms with Gasteiger partial charge in [-0.2, -0.15) is 0 Å². The first kappa shape index (κ1) is 30.8. The Hall–Kier alpha value is -3.13. The first-order valence-corrected chi connectivity index (χ1v) is 15.4. The first-order chi connectivity index (χ1) is 19.9. The Morgan fingerprint density at radius 2 is 1.59 bits per heavy atom. The number of amides is 1. The lowest BCUT2D eigenvalue weighted by molar-refractivity contribution is -0.121. The second-order valence-corrected chi connectivity index (χ2v) is 11.3. The van der Waals surface area contributed by atoms with Crippen LogP contribution in [0.2, 0.25) is 10.0 Å². The highest BCUT2D eigenvalue weighted by Crippen LogP contribution is 2.37. The Morgan fingerprint density at radius 1 is 0.927 bits per heavy atom. The number of carbonyl (C=O) groups excluding carboxylic acids is 1. The van der Waals surface area contributed by atoms with Crippen LogP contribution >= 0.6 is 35.0 Å². The van der Waals surface area contributed by atoms with E-state index in [0.717, 1.165) is 69.9 Å². The van der Waals surface area contributed by atoms with Gasteiger partial charge in [0.1, 0.15) is 11.5 Å². The maximum atomic E-state index is 12.4. The van der Waals surface area contributed by atoms with Crippen LogP contribution in [0.1, 0.15) is 31.7 Å². The Morgan fingerprint density at radius 3 is 2.20 bits per heavy atom. The van der Waals surface area contributed by atoms with Crippen molar-refractivity contribution in [3.05, 3.63) is 82.3 Å². The lowest BCUT2D eigenvalue weighted by Crippen LogP contribution is -2.25. The molecule has 9 heteroatoms. The molecule has 216 valence electrons. The molecule has 0 bridgehead atoms. The molecule has 41 heavy (non-hydrogen) atoms. The Kier molecular flexibility index (Phi) is 11.4. The molecule has 0 fully saturated rings. The second-order valence-electron chi connectivity index (χ2n) is 9.43. The molecule has 0 radical (unpaired) electrons. The predicted octanol–water partition coefficient (Wildman–Crippen LogP) is 8.18. The normalized spacial score (nSPS) is 11.0. The zero-order valence-electron chi connectivity index (χ0n) is 23.6. The minimum atomic E-state index is 0.0544. The highest BCUT2D eigenvalue weighted by Gasteiger charge is 2.20. The van der Waals surface area contributed by atoms with Gasteiger partial charge in [-0.05, 0) is 92.4 Å². The molecule has 0 aliphatic carbocycles. The lowest BCUT2D eigenvalue weighted by Gasteiger charge is -2.12. The highest BCUT2D eigenvalue weighted by molar-refractivity contribution is 7.99. The van der Waals surface area contributed by atoms with Crippen molar-refractivity contribution < 1.29 is 14.3 Å². The Balaban J connectivity index is 1.37. The number of carbonyl (C=O) groups is 1. The molecular formula is C32H35Cl2N3O3S. The van der Waals surface area contributed by atoms with E-state index in [2.05, 4.69) is 28.9 Å². The average molecular weight is 613 g/mol. The highest BCUT2D eigenvalue weighted by atomic mass is 35.5. The number of halogens is 2. The molecule has 1 aromatic heterocycles. The maximum Gasteiger partial charge on any atom is 0.220 e. The summed E-state index contributed by atoms with van der Waals surface area (Å²) >= 11 is 13.9. The largest absolute Gasteiger partial charge is 0.497 e. The van der Waals surface area contributed by atoms with Crippen LogP contribution in [0.25, 0.3) is 22.5 Å². The third kappa shape index (κ3) is 8.22. The van der Waals surface area contributed by atoms with Gasteiger partial charge in [0.2, 0.25) is 5.91 Å². The number of methoxy groups -OCH3 is 2. The summed E-state index contributed by atoms with van der Waals surface area (Å²) in [6.07, 6.45) is 2.88. The van der Waals surface area contributed by atoms with Gasteiger partial charge >= 0.3 is 0 Å². The molecule has 0 aliphatic rings. The molecule has 4 rings (SSSR count). The van der Waals surface area contributed by atoms with Crippen LogP contribution < -0.4 is 14.8 Å². The smallest absolute Gasteiger partial charge is 0.220 e. The van der Waals surface area contributed by atoms with E-state index in [4.69, 9.17) is 37.7 Å². The number of ether oxygens (including phenoxy) is 2. The number of rotatable bonds is 14. The molecule has 1 heterocycles. The fourth-order valence-corrected chi connectivity index (χ4v) is 6.09. The number of aromatic nitrogens is 2. The summed E-state index contributed by atoms with van der Waals surface area (Å²) in [5.41, 5.74) is 5.09. The van der Waals surface area contributed by atoms with Crippen molar-refractivity contribution >= 4 is 40.9 Å². The summed E-state index contributed by atoms with van der Waals surface area (Å²) in [6, 6.07) is 21.5. The van der Waals surface area contributed by atoms with E-state index in [1.54, 1.807) is 32.0 Å². The number of hydrogen-bond acceptors (Lipinski definition) is 5. The third-order valence-electron chi connectivity index (χ3n) is 6.74. The fraction of sp³-hybridized carbons (Fsp3) is 0.312. The number of nitrogens with zero attached hydrogens (tertiary/aromatic N) is 2. The van der Waals surface area contributed by atoms with Crippen molar-refractivity contribution in [2.24, 2.45) is 0 Å². The van der Waals surface area contributed by atoms with Gasteiger partial charge in [0.05, 0.1) is 25.6 Å². The van der Waals surface area contributed by atoms with E-state index in [-0.39, 0.29) is 5.91 Å². The topological polar surface area (TPSA) is 65.4 Å². The van der Waals surface area contributed by atoms with Crippen molar-refractivity contribution in [2.75, 3.05) is 26.5 Å². The Labute approximate surface area is 256 Å². The van der Waals surface area contributed by atoms with E-state index >= 15 is 0 Å². The number of nitrogens with one attached hydrogen (secondary N) is 1. The molecule has 0 atom stereocenters. The van der Waals surface area contributed by atoms with E-state index in [1.165, 1.54) is 0 Å². The minimum absolute atomic E-state index is 0.0544. The summed E-state index contributed by atoms with van der Waals surface area (Å²) in [7, 11) is 3.34. The SMILES string of the molecule is CCn1c(SCCCCC(=O)NCCc2ccc(Cl)cc2Cl)nc(-c2ccc(OC)cc2)c1-c1ccc(OC)cc1. The summed E-state index contributed by atoms with van der Waals surface area (Å²) in [6.45, 7) is 3.47. The molecule has 1 N–H and O–H groups in total. The second kappa shape index (κ2) is 15.2. The molecule has 0 aliphatic heterocycles. The van der Waals surface area contributed by atoms with Gasteiger partial charge < -0.3 is 19.4 Å². The number of thioether (sulfide) groups is 1. The number of benzene rings is 3. The quantitative estimate of drug-likeness (QED) is 0.115. The van der Waals surface area contributed by atoms with Crippen LogP contribution in [0.5, 0.6) is 11.5 Å². The average Bonchev–Trinajstić information content (AvgIpc) is 3.36. The molecule has 0 saturated heterocycles. The summed E-state index contributed by atoms with van der Waals surface area (Å²) in [5, 5.41) is 5.19. The zero-order valence-corrected chi connectivity index (χ0v) is 25.9. The van der Waals surface area contributed by atoms with Gasteiger partial charge in [-0.15, -0.1) is 0 Å². The lowest BCUT2D eigenvalue weighted by atomic mass is 10.0. The standard InChI is InChI=1S/C32H35Cl2N3O3S/c1-4-37-31(24-11-16-27(40-3)17-12-24)30(23-9-14-26(39-2)15-10-23)36-32(37)41-20-6-5-7-29(38)35-19-18-22-8-13-25(33)21-28(22)34/h8-17,21H,4-7,18-20H2,1-3H3,(H,35,38). The van der Waals surface area contributed by atoms with Gasteiger partial charge in [0.15, 0.2) is 5.16 Å². The summed E-state index contributed by atoms with van der Waals surface area (Å²) < 4.78 is 13.0. The van der Waals surface area contributed by atoms with Crippen LogP contribution in [0.3, 0.4) is 0 Å². The molecule has 0 spiro atoms. The van der Waals surface area contributed by atoms with Crippen molar-refractivity contribution in [3.8, 4) is 34.0 Å². The Bertz CT molecular complexity index is 1440. The van der Waals surface area contributed by atoms with Crippen LogP contribution in [-0.2, 0) is 17.8 Å². The van der Waals surface area contributed by atoms with Crippen LogP contribution in [0, 0.1) is 0 Å². The van der Waals surface area contributed by atoms with Gasteiger partial charge in [0, 0.05) is 46.4 Å². The molecule has 4 aromatic rings.